The molecule has 2 atom stereocenters. The molecule has 0 heterocycles. The van der Waals surface area contributed by atoms with Crippen LogP contribution in [0.4, 0.5) is 17.6 Å². The van der Waals surface area contributed by atoms with Gasteiger partial charge in [0.25, 0.3) is 0 Å². The van der Waals surface area contributed by atoms with Crippen LogP contribution in [0.15, 0.2) is 0 Å². The van der Waals surface area contributed by atoms with Gasteiger partial charge in [-0.25, -0.2) is 0 Å². The predicted octanol–water partition coefficient (Wildman–Crippen LogP) is 2.88. The Balaban J connectivity index is 2.82. The minimum atomic E-state index is -3.81. The molecule has 0 aromatic carbocycles. The molecule has 60 valence electrons. The summed E-state index contributed by atoms with van der Waals surface area (Å²) < 4.78 is 46.3. The second-order valence-corrected chi connectivity index (χ2v) is 4.73. The van der Waals surface area contributed by atoms with E-state index in [4.69, 9.17) is 0 Å². The van der Waals surface area contributed by atoms with Crippen molar-refractivity contribution in [1.82, 2.24) is 0 Å². The molecule has 6 heteroatoms. The number of rotatable bonds is 0. The first kappa shape index (κ1) is 9.27. The predicted molar refractivity (Wildman–Crippen MR) is 45.5 cm³/mol. The number of alkyl halides is 6. The summed E-state index contributed by atoms with van der Waals surface area (Å²) in [6.45, 7) is 0. The van der Waals surface area contributed by atoms with Gasteiger partial charge in [0, 0.05) is 0 Å². The van der Waals surface area contributed by atoms with Crippen molar-refractivity contribution in [2.45, 2.75) is 19.7 Å². The summed E-state index contributed by atoms with van der Waals surface area (Å²) in [4.78, 5) is 0. The summed E-state index contributed by atoms with van der Waals surface area (Å²) in [6.07, 6.45) is 0. The highest BCUT2D eigenvalue weighted by Crippen LogP contribution is 2.58. The Kier molecular flexibility index (Phi) is 2.16. The Morgan fingerprint density at radius 3 is 1.10 bits per heavy atom. The van der Waals surface area contributed by atoms with Gasteiger partial charge in [-0.3, -0.25) is 0 Å². The molecule has 0 aromatic rings. The van der Waals surface area contributed by atoms with Gasteiger partial charge in [-0.1, -0.05) is 45.2 Å². The molecule has 0 spiro atoms. The van der Waals surface area contributed by atoms with E-state index in [0.717, 1.165) is 0 Å². The Bertz CT molecular complexity index is 139. The molecule has 0 nitrogen and oxygen atoms in total. The number of hydrogen-bond donors (Lipinski definition) is 0. The van der Waals surface area contributed by atoms with Crippen molar-refractivity contribution < 1.29 is 17.6 Å². The molecule has 0 bridgehead atoms. The molecule has 0 radical (unpaired) electrons. The first-order chi connectivity index (χ1) is 4.32. The summed E-state index contributed by atoms with van der Waals surface area (Å²) >= 11 is 2.70. The van der Waals surface area contributed by atoms with Crippen LogP contribution in [0.5, 0.6) is 0 Å². The van der Waals surface area contributed by atoms with E-state index in [0.29, 0.717) is 0 Å². The lowest BCUT2D eigenvalue weighted by atomic mass is 9.89. The van der Waals surface area contributed by atoms with Gasteiger partial charge in [0.15, 0.2) is 0 Å². The molecule has 1 aliphatic rings. The monoisotopic (exact) mass is 380 g/mol. The molecule has 10 heavy (non-hydrogen) atoms. The Morgan fingerprint density at radius 2 is 1.00 bits per heavy atom. The summed E-state index contributed by atoms with van der Waals surface area (Å²) in [6, 6.07) is 0. The van der Waals surface area contributed by atoms with Gasteiger partial charge in [-0.05, 0) is 0 Å². The van der Waals surface area contributed by atoms with Crippen LogP contribution in [0.1, 0.15) is 0 Å². The zero-order valence-electron chi connectivity index (χ0n) is 4.42. The van der Waals surface area contributed by atoms with Crippen LogP contribution in [0, 0.1) is 0 Å². The molecule has 0 aromatic heterocycles. The van der Waals surface area contributed by atoms with Crippen LogP contribution < -0.4 is 0 Å². The fourth-order valence-electron chi connectivity index (χ4n) is 0.639. The molecular weight excluding hydrogens is 378 g/mol. The topological polar surface area (TPSA) is 0 Å². The normalized spacial score (nSPS) is 42.6. The molecule has 1 rings (SSSR count). The van der Waals surface area contributed by atoms with Gasteiger partial charge < -0.3 is 0 Å². The highest BCUT2D eigenvalue weighted by molar-refractivity contribution is 14.1. The SMILES string of the molecule is FC1(F)[C@@H](I)[C@H](I)C1(F)F. The van der Waals surface area contributed by atoms with Crippen molar-refractivity contribution in [3.63, 3.8) is 0 Å². The minimum absolute atomic E-state index is 1.24. The van der Waals surface area contributed by atoms with Crippen molar-refractivity contribution in [2.24, 2.45) is 0 Å². The van der Waals surface area contributed by atoms with Crippen molar-refractivity contribution in [2.75, 3.05) is 0 Å². The summed E-state index contributed by atoms with van der Waals surface area (Å²) in [7, 11) is 0. The molecule has 0 amide bonds. The van der Waals surface area contributed by atoms with E-state index in [2.05, 4.69) is 0 Å². The van der Waals surface area contributed by atoms with Crippen molar-refractivity contribution >= 4 is 45.2 Å². The smallest absolute Gasteiger partial charge is 0.199 e. The third-order valence-electron chi connectivity index (χ3n) is 1.39. The second-order valence-electron chi connectivity index (χ2n) is 2.05. The molecule has 0 aliphatic heterocycles. The maximum Gasteiger partial charge on any atom is 0.324 e. The van der Waals surface area contributed by atoms with Gasteiger partial charge >= 0.3 is 11.8 Å². The van der Waals surface area contributed by atoms with Gasteiger partial charge in [-0.2, -0.15) is 17.6 Å². The standard InChI is InChI=1S/C4H2F4I2/c5-3(6)1(9)2(10)4(3,7)8/h1-2H/t1-,2-/m0/s1. The van der Waals surface area contributed by atoms with E-state index < -0.39 is 19.7 Å². The van der Waals surface area contributed by atoms with E-state index in [1.165, 1.54) is 45.2 Å². The van der Waals surface area contributed by atoms with Crippen LogP contribution in [0.25, 0.3) is 0 Å². The van der Waals surface area contributed by atoms with Gasteiger partial charge in [0.1, 0.15) is 0 Å². The fraction of sp³-hybridized carbons (Fsp3) is 1.00. The van der Waals surface area contributed by atoms with E-state index in [1.54, 1.807) is 0 Å². The van der Waals surface area contributed by atoms with Crippen molar-refractivity contribution in [1.29, 1.82) is 0 Å². The third-order valence-corrected chi connectivity index (χ3v) is 5.77. The van der Waals surface area contributed by atoms with E-state index in [-0.39, 0.29) is 0 Å². The first-order valence-corrected chi connectivity index (χ1v) is 4.84. The van der Waals surface area contributed by atoms with Crippen LogP contribution in [-0.4, -0.2) is 19.7 Å². The van der Waals surface area contributed by atoms with Crippen LogP contribution >= 0.6 is 45.2 Å². The van der Waals surface area contributed by atoms with E-state index >= 15 is 0 Å². The molecule has 1 aliphatic carbocycles. The number of halogens is 6. The van der Waals surface area contributed by atoms with Gasteiger partial charge in [0.2, 0.25) is 0 Å². The number of hydrogen-bond acceptors (Lipinski definition) is 0. The average Bonchev–Trinajstić information content (AvgIpc) is 1.84. The molecule has 0 unspecified atom stereocenters. The fourth-order valence-corrected chi connectivity index (χ4v) is 2.37. The zero-order valence-corrected chi connectivity index (χ0v) is 8.74. The Hall–Kier alpha value is 1.18. The molecule has 1 fully saturated rings. The molecule has 0 saturated heterocycles. The highest BCUT2D eigenvalue weighted by Gasteiger charge is 2.77. The summed E-state index contributed by atoms with van der Waals surface area (Å²) in [5.41, 5.74) is 0. The van der Waals surface area contributed by atoms with Gasteiger partial charge in [-0.15, -0.1) is 0 Å². The van der Waals surface area contributed by atoms with Gasteiger partial charge in [0.05, 0.1) is 7.85 Å². The average molecular weight is 380 g/mol. The minimum Gasteiger partial charge on any atom is -0.199 e. The lowest BCUT2D eigenvalue weighted by Gasteiger charge is -2.45. The van der Waals surface area contributed by atoms with Crippen molar-refractivity contribution in [3.8, 4) is 0 Å². The van der Waals surface area contributed by atoms with E-state index in [1.807, 2.05) is 0 Å². The maximum atomic E-state index is 12.2. The van der Waals surface area contributed by atoms with Crippen LogP contribution in [0.3, 0.4) is 0 Å². The maximum absolute atomic E-state index is 12.2. The van der Waals surface area contributed by atoms with Crippen LogP contribution in [-0.2, 0) is 0 Å². The molecule has 0 N–H and O–H groups in total. The lowest BCUT2D eigenvalue weighted by Crippen LogP contribution is -2.68. The van der Waals surface area contributed by atoms with Crippen LogP contribution in [0.2, 0.25) is 0 Å². The first-order valence-electron chi connectivity index (χ1n) is 2.35. The summed E-state index contributed by atoms with van der Waals surface area (Å²) in [5, 5.41) is 0. The second kappa shape index (κ2) is 2.33. The Labute approximate surface area is 82.0 Å². The lowest BCUT2D eigenvalue weighted by molar-refractivity contribution is -0.255. The molecule has 1 saturated carbocycles. The van der Waals surface area contributed by atoms with E-state index in [9.17, 15) is 17.6 Å². The summed E-state index contributed by atoms with van der Waals surface area (Å²) in [5.74, 6) is -7.61. The highest BCUT2D eigenvalue weighted by atomic mass is 127. The largest absolute Gasteiger partial charge is 0.324 e. The van der Waals surface area contributed by atoms with Crippen molar-refractivity contribution in [3.05, 3.63) is 0 Å². The quantitative estimate of drug-likeness (QED) is 0.345. The molecular formula is C4H2F4I2. The zero-order chi connectivity index (χ0) is 8.15. The Morgan fingerprint density at radius 1 is 0.800 bits per heavy atom. The third kappa shape index (κ3) is 0.896.